The lowest BCUT2D eigenvalue weighted by Crippen LogP contribution is -2.43. The van der Waals surface area contributed by atoms with Crippen LogP contribution in [0.2, 0.25) is 0 Å². The smallest absolute Gasteiger partial charge is 0.119 e. The van der Waals surface area contributed by atoms with E-state index in [-0.39, 0.29) is 6.04 Å². The molecule has 2 aliphatic heterocycles. The van der Waals surface area contributed by atoms with Crippen LogP contribution >= 0.6 is 0 Å². The minimum atomic E-state index is -2.27. The number of morpholine rings is 1. The van der Waals surface area contributed by atoms with Gasteiger partial charge in [0.05, 0.1) is 31.1 Å². The van der Waals surface area contributed by atoms with Crippen molar-refractivity contribution in [1.29, 1.82) is 0 Å². The zero-order valence-electron chi connectivity index (χ0n) is 22.3. The number of ether oxygens (including phenoxy) is 2. The van der Waals surface area contributed by atoms with Gasteiger partial charge in [-0.05, 0) is 64.9 Å². The molecular formula is C32H37N2O4S-. The predicted molar refractivity (Wildman–Crippen MR) is 154 cm³/mol. The van der Waals surface area contributed by atoms with Gasteiger partial charge in [0.15, 0.2) is 0 Å². The van der Waals surface area contributed by atoms with Crippen molar-refractivity contribution in [2.75, 3.05) is 52.5 Å². The first-order chi connectivity index (χ1) is 19.2. The van der Waals surface area contributed by atoms with Crippen LogP contribution in [0.25, 0.3) is 0 Å². The number of likely N-dealkylation sites (tertiary alicyclic amines) is 1. The topological polar surface area (TPSA) is 65.1 Å². The highest BCUT2D eigenvalue weighted by molar-refractivity contribution is 7.79. The van der Waals surface area contributed by atoms with Crippen LogP contribution in [0.15, 0.2) is 96.6 Å². The number of hydrogen-bond donors (Lipinski definition) is 0. The van der Waals surface area contributed by atoms with Crippen molar-refractivity contribution in [3.05, 3.63) is 113 Å². The van der Waals surface area contributed by atoms with Crippen LogP contribution < -0.4 is 4.74 Å². The van der Waals surface area contributed by atoms with E-state index < -0.39 is 16.3 Å². The quantitative estimate of drug-likeness (QED) is 0.179. The van der Waals surface area contributed by atoms with Crippen LogP contribution in [-0.4, -0.2) is 71.1 Å². The average molecular weight is 546 g/mol. The van der Waals surface area contributed by atoms with E-state index in [0.717, 1.165) is 75.7 Å². The average Bonchev–Trinajstić information content (AvgIpc) is 2.95. The molecule has 2 atom stereocenters. The van der Waals surface area contributed by atoms with Gasteiger partial charge in [0.25, 0.3) is 0 Å². The second kappa shape index (κ2) is 14.0. The van der Waals surface area contributed by atoms with E-state index in [2.05, 4.69) is 58.3 Å². The fourth-order valence-corrected chi connectivity index (χ4v) is 6.03. The van der Waals surface area contributed by atoms with E-state index in [0.29, 0.717) is 6.61 Å². The minimum absolute atomic E-state index is 0.140. The van der Waals surface area contributed by atoms with Gasteiger partial charge in [0, 0.05) is 26.2 Å². The summed E-state index contributed by atoms with van der Waals surface area (Å²) in [6.07, 6.45) is 3.94. The molecule has 0 radical (unpaired) electrons. The molecule has 0 amide bonds. The number of hydrogen-bond acceptors (Lipinski definition) is 6. The number of rotatable bonds is 12. The highest BCUT2D eigenvalue weighted by atomic mass is 32.2. The molecule has 0 saturated carbocycles. The van der Waals surface area contributed by atoms with Gasteiger partial charge in [-0.15, -0.1) is 0 Å². The molecule has 206 valence electrons. The maximum atomic E-state index is 12.3. The molecule has 2 fully saturated rings. The van der Waals surface area contributed by atoms with Gasteiger partial charge in [0.2, 0.25) is 0 Å². The number of benzene rings is 3. The Kier molecular flexibility index (Phi) is 9.97. The lowest BCUT2D eigenvalue weighted by molar-refractivity contribution is 0.0368. The molecule has 0 aromatic heterocycles. The molecule has 0 bridgehead atoms. The summed E-state index contributed by atoms with van der Waals surface area (Å²) in [6.45, 7) is 6.80. The molecule has 0 aliphatic carbocycles. The van der Waals surface area contributed by atoms with Crippen LogP contribution in [0.5, 0.6) is 5.75 Å². The van der Waals surface area contributed by atoms with Crippen molar-refractivity contribution in [2.24, 2.45) is 0 Å². The molecule has 7 heteroatoms. The van der Waals surface area contributed by atoms with Crippen molar-refractivity contribution in [2.45, 2.75) is 24.1 Å². The molecule has 2 unspecified atom stereocenters. The van der Waals surface area contributed by atoms with Crippen molar-refractivity contribution >= 4 is 11.1 Å². The van der Waals surface area contributed by atoms with Crippen molar-refractivity contribution in [3.8, 4) is 5.75 Å². The monoisotopic (exact) mass is 545 g/mol. The second-order valence-corrected chi connectivity index (χ2v) is 11.2. The molecular weight excluding hydrogens is 508 g/mol. The molecule has 2 aliphatic rings. The van der Waals surface area contributed by atoms with Gasteiger partial charge < -0.3 is 14.0 Å². The Labute approximate surface area is 234 Å². The van der Waals surface area contributed by atoms with Gasteiger partial charge in [0.1, 0.15) is 5.75 Å². The Morgan fingerprint density at radius 3 is 2.15 bits per heavy atom. The van der Waals surface area contributed by atoms with Gasteiger partial charge in [-0.25, -0.2) is 0 Å². The Hall–Kier alpha value is -2.81. The summed E-state index contributed by atoms with van der Waals surface area (Å²) >= 11 is -2.27. The van der Waals surface area contributed by atoms with Crippen LogP contribution in [0.3, 0.4) is 0 Å². The zero-order chi connectivity index (χ0) is 26.9. The number of unbranched alkanes of at least 4 members (excludes halogenated alkanes) is 1. The molecule has 5 rings (SSSR count). The Bertz CT molecular complexity index is 1180. The SMILES string of the molecule is O=S([O-])C(C=C1CN(C(c2ccccc2)c2ccccc2)C1)c1cccc(OCCCCN2CCOCC2)c1. The molecule has 0 N–H and O–H groups in total. The highest BCUT2D eigenvalue weighted by Crippen LogP contribution is 2.35. The van der Waals surface area contributed by atoms with Gasteiger partial charge in [-0.1, -0.05) is 78.9 Å². The highest BCUT2D eigenvalue weighted by Gasteiger charge is 2.30. The molecule has 3 aromatic carbocycles. The summed E-state index contributed by atoms with van der Waals surface area (Å²) < 4.78 is 36.0. The second-order valence-electron chi connectivity index (χ2n) is 10.2. The molecule has 0 spiro atoms. The van der Waals surface area contributed by atoms with Gasteiger partial charge >= 0.3 is 0 Å². The standard InChI is InChI=1S/C32H38N2O4S/c35-39(36)31(29-14-9-15-30(23-29)38-19-8-7-16-33-17-20-37-21-18-33)22-26-24-34(25-26)32(27-10-3-1-4-11-27)28-12-5-2-6-13-28/h1-6,9-15,22-23,31-32H,7-8,16-21,24-25H2,(H,35,36)/p-1. The van der Waals surface area contributed by atoms with Crippen LogP contribution in [0.4, 0.5) is 0 Å². The van der Waals surface area contributed by atoms with E-state index in [4.69, 9.17) is 9.47 Å². The van der Waals surface area contributed by atoms with E-state index >= 15 is 0 Å². The van der Waals surface area contributed by atoms with Crippen molar-refractivity contribution in [1.82, 2.24) is 9.80 Å². The third kappa shape index (κ3) is 7.65. The zero-order valence-corrected chi connectivity index (χ0v) is 23.1. The maximum Gasteiger partial charge on any atom is 0.119 e. The Balaban J connectivity index is 1.19. The van der Waals surface area contributed by atoms with Crippen molar-refractivity contribution in [3.63, 3.8) is 0 Å². The Morgan fingerprint density at radius 2 is 1.51 bits per heavy atom. The van der Waals surface area contributed by atoms with Gasteiger partial charge in [-0.2, -0.15) is 0 Å². The van der Waals surface area contributed by atoms with Crippen LogP contribution in [0, 0.1) is 0 Å². The summed E-state index contributed by atoms with van der Waals surface area (Å²) in [6, 6.07) is 28.6. The van der Waals surface area contributed by atoms with Gasteiger partial charge in [-0.3, -0.25) is 14.0 Å². The van der Waals surface area contributed by atoms with E-state index in [1.165, 1.54) is 11.1 Å². The first-order valence-corrected chi connectivity index (χ1v) is 15.0. The van der Waals surface area contributed by atoms with E-state index in [1.54, 1.807) is 0 Å². The van der Waals surface area contributed by atoms with Crippen LogP contribution in [-0.2, 0) is 15.8 Å². The molecule has 39 heavy (non-hydrogen) atoms. The third-order valence-electron chi connectivity index (χ3n) is 7.43. The number of nitrogens with zero attached hydrogens (tertiary/aromatic N) is 2. The first kappa shape index (κ1) is 27.7. The third-order valence-corrected chi connectivity index (χ3v) is 8.25. The lowest BCUT2D eigenvalue weighted by atomic mass is 9.92. The summed E-state index contributed by atoms with van der Waals surface area (Å²) in [4.78, 5) is 4.81. The molecule has 3 aromatic rings. The maximum absolute atomic E-state index is 12.3. The van der Waals surface area contributed by atoms with Crippen molar-refractivity contribution < 1.29 is 18.2 Å². The Morgan fingerprint density at radius 1 is 0.872 bits per heavy atom. The fraction of sp³-hybridized carbons (Fsp3) is 0.375. The van der Waals surface area contributed by atoms with E-state index in [1.807, 2.05) is 42.5 Å². The molecule has 6 nitrogen and oxygen atoms in total. The predicted octanol–water partition coefficient (Wildman–Crippen LogP) is 5.13. The minimum Gasteiger partial charge on any atom is -0.772 e. The summed E-state index contributed by atoms with van der Waals surface area (Å²) in [5.74, 6) is 0.719. The summed E-state index contributed by atoms with van der Waals surface area (Å²) in [5.41, 5.74) is 4.35. The van der Waals surface area contributed by atoms with E-state index in [9.17, 15) is 8.76 Å². The molecule has 2 saturated heterocycles. The normalized spacial score (nSPS) is 17.9. The first-order valence-electron chi connectivity index (χ1n) is 13.8. The fourth-order valence-electron chi connectivity index (χ4n) is 5.36. The lowest BCUT2D eigenvalue weighted by Gasteiger charge is -2.41. The summed E-state index contributed by atoms with van der Waals surface area (Å²) in [7, 11) is 0. The largest absolute Gasteiger partial charge is 0.772 e. The van der Waals surface area contributed by atoms with Crippen LogP contribution in [0.1, 0.15) is 40.8 Å². The summed E-state index contributed by atoms with van der Waals surface area (Å²) in [5, 5.41) is -0.695. The molecule has 2 heterocycles.